The molecule has 0 aromatic heterocycles. The molecule has 21 heavy (non-hydrogen) atoms. The van der Waals surface area contributed by atoms with Crippen LogP contribution in [0.1, 0.15) is 21.5 Å². The van der Waals surface area contributed by atoms with Crippen LogP contribution < -0.4 is 10.1 Å². The molecule has 0 unspecified atom stereocenters. The number of methoxy groups -OCH3 is 1. The van der Waals surface area contributed by atoms with Gasteiger partial charge in [-0.25, -0.2) is 0 Å². The SMILES string of the molecule is COc1ccc(/C=C2\C(=O)NC(=O)c3ccccc32)cc1. The first-order chi connectivity index (χ1) is 10.2. The summed E-state index contributed by atoms with van der Waals surface area (Å²) >= 11 is 0. The topological polar surface area (TPSA) is 55.4 Å². The minimum absolute atomic E-state index is 0.359. The maximum absolute atomic E-state index is 12.1. The fourth-order valence-electron chi connectivity index (χ4n) is 2.29. The Labute approximate surface area is 122 Å². The van der Waals surface area contributed by atoms with Gasteiger partial charge in [-0.3, -0.25) is 14.9 Å². The fourth-order valence-corrected chi connectivity index (χ4v) is 2.29. The Kier molecular flexibility index (Phi) is 3.28. The molecule has 1 aliphatic heterocycles. The molecule has 0 saturated carbocycles. The molecule has 1 heterocycles. The molecule has 2 aromatic carbocycles. The van der Waals surface area contributed by atoms with E-state index in [0.29, 0.717) is 16.7 Å². The van der Waals surface area contributed by atoms with Gasteiger partial charge in [0, 0.05) is 11.1 Å². The summed E-state index contributed by atoms with van der Waals surface area (Å²) in [5.41, 5.74) is 2.51. The lowest BCUT2D eigenvalue weighted by atomic mass is 9.93. The van der Waals surface area contributed by atoms with Crippen molar-refractivity contribution >= 4 is 23.5 Å². The molecule has 4 nitrogen and oxygen atoms in total. The number of amides is 2. The first-order valence-corrected chi connectivity index (χ1v) is 6.50. The van der Waals surface area contributed by atoms with Crippen LogP contribution in [0.25, 0.3) is 11.6 Å². The molecule has 0 bridgehead atoms. The first kappa shape index (κ1) is 13.1. The van der Waals surface area contributed by atoms with Gasteiger partial charge in [-0.15, -0.1) is 0 Å². The minimum atomic E-state index is -0.380. The lowest BCUT2D eigenvalue weighted by Crippen LogP contribution is -2.36. The highest BCUT2D eigenvalue weighted by Gasteiger charge is 2.26. The van der Waals surface area contributed by atoms with Crippen LogP contribution >= 0.6 is 0 Å². The molecule has 0 spiro atoms. The Balaban J connectivity index is 2.07. The van der Waals surface area contributed by atoms with Crippen molar-refractivity contribution in [1.29, 1.82) is 0 Å². The smallest absolute Gasteiger partial charge is 0.258 e. The van der Waals surface area contributed by atoms with Crippen molar-refractivity contribution in [3.8, 4) is 5.75 Å². The van der Waals surface area contributed by atoms with Crippen LogP contribution in [-0.4, -0.2) is 18.9 Å². The summed E-state index contributed by atoms with van der Waals surface area (Å²) in [7, 11) is 1.60. The van der Waals surface area contributed by atoms with Crippen molar-refractivity contribution in [2.75, 3.05) is 7.11 Å². The van der Waals surface area contributed by atoms with E-state index in [0.717, 1.165) is 11.3 Å². The lowest BCUT2D eigenvalue weighted by molar-refractivity contribution is -0.114. The number of rotatable bonds is 2. The van der Waals surface area contributed by atoms with Crippen LogP contribution in [0.3, 0.4) is 0 Å². The number of nitrogens with one attached hydrogen (secondary N) is 1. The predicted molar refractivity (Wildman–Crippen MR) is 79.8 cm³/mol. The van der Waals surface area contributed by atoms with E-state index in [9.17, 15) is 9.59 Å². The number of imide groups is 1. The third-order valence-corrected chi connectivity index (χ3v) is 3.36. The zero-order valence-electron chi connectivity index (χ0n) is 11.4. The normalized spacial score (nSPS) is 15.6. The van der Waals surface area contributed by atoms with Gasteiger partial charge in [0.1, 0.15) is 5.75 Å². The summed E-state index contributed by atoms with van der Waals surface area (Å²) < 4.78 is 5.11. The van der Waals surface area contributed by atoms with Gasteiger partial charge < -0.3 is 4.74 Å². The standard InChI is InChI=1S/C17H13NO3/c1-21-12-8-6-11(7-9-12)10-15-13-4-2-3-5-14(13)16(19)18-17(15)20/h2-10H,1H3,(H,18,19,20)/b15-10-. The Morgan fingerprint density at radius 3 is 2.24 bits per heavy atom. The quantitative estimate of drug-likeness (QED) is 0.679. The van der Waals surface area contributed by atoms with Crippen molar-refractivity contribution in [3.05, 3.63) is 65.2 Å². The van der Waals surface area contributed by atoms with E-state index in [1.165, 1.54) is 0 Å². The van der Waals surface area contributed by atoms with Crippen molar-refractivity contribution in [1.82, 2.24) is 5.32 Å². The predicted octanol–water partition coefficient (Wildman–Crippen LogP) is 2.51. The second-order valence-corrected chi connectivity index (χ2v) is 4.66. The van der Waals surface area contributed by atoms with Gasteiger partial charge in [0.2, 0.25) is 0 Å². The molecule has 0 atom stereocenters. The summed E-state index contributed by atoms with van der Waals surface area (Å²) in [6, 6.07) is 14.4. The molecule has 0 radical (unpaired) electrons. The molecular weight excluding hydrogens is 266 g/mol. The number of carbonyl (C=O) groups is 2. The number of ether oxygens (including phenoxy) is 1. The number of fused-ring (bicyclic) bond motifs is 1. The summed E-state index contributed by atoms with van der Waals surface area (Å²) in [5.74, 6) is 0.0119. The highest BCUT2D eigenvalue weighted by molar-refractivity contribution is 6.33. The maximum atomic E-state index is 12.1. The monoisotopic (exact) mass is 279 g/mol. The van der Waals surface area contributed by atoms with Crippen LogP contribution in [0, 0.1) is 0 Å². The molecule has 104 valence electrons. The third kappa shape index (κ3) is 2.43. The highest BCUT2D eigenvalue weighted by atomic mass is 16.5. The fraction of sp³-hybridized carbons (Fsp3) is 0.0588. The van der Waals surface area contributed by atoms with Gasteiger partial charge in [-0.2, -0.15) is 0 Å². The summed E-state index contributed by atoms with van der Waals surface area (Å²) in [6.45, 7) is 0. The van der Waals surface area contributed by atoms with Crippen molar-refractivity contribution in [2.45, 2.75) is 0 Å². The van der Waals surface area contributed by atoms with Gasteiger partial charge >= 0.3 is 0 Å². The number of hydrogen-bond donors (Lipinski definition) is 1. The van der Waals surface area contributed by atoms with Gasteiger partial charge in [0.15, 0.2) is 0 Å². The average molecular weight is 279 g/mol. The van der Waals surface area contributed by atoms with Gasteiger partial charge in [0.05, 0.1) is 7.11 Å². The van der Waals surface area contributed by atoms with Crippen LogP contribution in [0.2, 0.25) is 0 Å². The largest absolute Gasteiger partial charge is 0.497 e. The molecular formula is C17H13NO3. The van der Waals surface area contributed by atoms with E-state index in [4.69, 9.17) is 4.74 Å². The molecule has 1 N–H and O–H groups in total. The van der Waals surface area contributed by atoms with Crippen LogP contribution in [0.15, 0.2) is 48.5 Å². The Hall–Kier alpha value is -2.88. The Bertz CT molecular complexity index is 745. The van der Waals surface area contributed by atoms with E-state index >= 15 is 0 Å². The third-order valence-electron chi connectivity index (χ3n) is 3.36. The average Bonchev–Trinajstić information content (AvgIpc) is 2.52. The summed E-state index contributed by atoms with van der Waals surface area (Å²) in [5, 5.41) is 2.36. The number of benzene rings is 2. The zero-order valence-corrected chi connectivity index (χ0v) is 11.4. The van der Waals surface area contributed by atoms with E-state index in [2.05, 4.69) is 5.32 Å². The first-order valence-electron chi connectivity index (χ1n) is 6.50. The summed E-state index contributed by atoms with van der Waals surface area (Å²) in [4.78, 5) is 23.9. The molecule has 2 amide bonds. The van der Waals surface area contributed by atoms with Gasteiger partial charge in [0.25, 0.3) is 11.8 Å². The number of hydrogen-bond acceptors (Lipinski definition) is 3. The molecule has 1 aliphatic rings. The zero-order chi connectivity index (χ0) is 14.8. The Morgan fingerprint density at radius 2 is 1.57 bits per heavy atom. The second-order valence-electron chi connectivity index (χ2n) is 4.66. The molecule has 4 heteroatoms. The van der Waals surface area contributed by atoms with Crippen LogP contribution in [-0.2, 0) is 4.79 Å². The highest BCUT2D eigenvalue weighted by Crippen LogP contribution is 2.26. The second kappa shape index (κ2) is 5.25. The molecule has 0 aliphatic carbocycles. The number of carbonyl (C=O) groups excluding carboxylic acids is 2. The van der Waals surface area contributed by atoms with E-state index in [1.54, 1.807) is 31.4 Å². The molecule has 0 saturated heterocycles. The van der Waals surface area contributed by atoms with Crippen molar-refractivity contribution in [3.63, 3.8) is 0 Å². The van der Waals surface area contributed by atoms with Crippen molar-refractivity contribution in [2.24, 2.45) is 0 Å². The van der Waals surface area contributed by atoms with Crippen LogP contribution in [0.4, 0.5) is 0 Å². The van der Waals surface area contributed by atoms with E-state index in [-0.39, 0.29) is 11.8 Å². The van der Waals surface area contributed by atoms with Crippen LogP contribution in [0.5, 0.6) is 5.75 Å². The lowest BCUT2D eigenvalue weighted by Gasteiger charge is -2.18. The molecule has 2 aromatic rings. The Morgan fingerprint density at radius 1 is 0.905 bits per heavy atom. The van der Waals surface area contributed by atoms with Crippen molar-refractivity contribution < 1.29 is 14.3 Å². The molecule has 0 fully saturated rings. The van der Waals surface area contributed by atoms with Gasteiger partial charge in [-0.1, -0.05) is 30.3 Å². The maximum Gasteiger partial charge on any atom is 0.258 e. The molecule has 3 rings (SSSR count). The van der Waals surface area contributed by atoms with Gasteiger partial charge in [-0.05, 0) is 35.4 Å². The van der Waals surface area contributed by atoms with E-state index < -0.39 is 0 Å². The van der Waals surface area contributed by atoms with E-state index in [1.807, 2.05) is 30.3 Å². The summed E-state index contributed by atoms with van der Waals surface area (Å²) in [6.07, 6.45) is 1.76. The minimum Gasteiger partial charge on any atom is -0.497 e.